The summed E-state index contributed by atoms with van der Waals surface area (Å²) in [7, 11) is 1.17. The fourth-order valence-electron chi connectivity index (χ4n) is 1.64. The summed E-state index contributed by atoms with van der Waals surface area (Å²) in [6.07, 6.45) is 0.538. The molecule has 1 heterocycles. The molecule has 18 heavy (non-hydrogen) atoms. The monoisotopic (exact) mass is 260 g/mol. The van der Waals surface area contributed by atoms with Crippen LogP contribution in [0.1, 0.15) is 12.8 Å². The van der Waals surface area contributed by atoms with Crippen molar-refractivity contribution in [1.29, 1.82) is 0 Å². The lowest BCUT2D eigenvalue weighted by atomic mass is 10.1. The second kappa shape index (κ2) is 8.02. The summed E-state index contributed by atoms with van der Waals surface area (Å²) in [6.45, 7) is 1.57. The number of ether oxygens (including phenoxy) is 2. The van der Waals surface area contributed by atoms with Crippen LogP contribution in [0, 0.1) is 0 Å². The van der Waals surface area contributed by atoms with Crippen LogP contribution >= 0.6 is 0 Å². The van der Waals surface area contributed by atoms with E-state index in [1.54, 1.807) is 0 Å². The van der Waals surface area contributed by atoms with Gasteiger partial charge in [-0.25, -0.2) is 4.79 Å². The van der Waals surface area contributed by atoms with Gasteiger partial charge in [-0.05, 0) is 25.9 Å². The van der Waals surface area contributed by atoms with Crippen LogP contribution in [0.15, 0.2) is 0 Å². The number of piperidine rings is 1. The topological polar surface area (TPSA) is 96.9 Å². The highest BCUT2D eigenvalue weighted by Gasteiger charge is 2.18. The zero-order valence-corrected chi connectivity index (χ0v) is 10.5. The molecule has 1 aliphatic heterocycles. The third kappa shape index (κ3) is 5.44. The Morgan fingerprint density at radius 2 is 2.11 bits per heavy atom. The molecule has 0 spiro atoms. The van der Waals surface area contributed by atoms with E-state index in [9.17, 15) is 14.7 Å². The minimum absolute atomic E-state index is 0.0570. The van der Waals surface area contributed by atoms with Crippen molar-refractivity contribution in [2.75, 3.05) is 33.4 Å². The minimum Gasteiger partial charge on any atom is -0.467 e. The third-order valence-electron chi connectivity index (χ3n) is 2.70. The van der Waals surface area contributed by atoms with Gasteiger partial charge in [-0.2, -0.15) is 0 Å². The Morgan fingerprint density at radius 3 is 2.72 bits per heavy atom. The van der Waals surface area contributed by atoms with Crippen LogP contribution in [0.2, 0.25) is 0 Å². The zero-order chi connectivity index (χ0) is 13.4. The summed E-state index contributed by atoms with van der Waals surface area (Å²) in [5.41, 5.74) is 0. The number of hydrogen-bond acceptors (Lipinski definition) is 6. The van der Waals surface area contributed by atoms with E-state index in [1.807, 2.05) is 0 Å². The van der Waals surface area contributed by atoms with Gasteiger partial charge in [0.2, 0.25) is 5.91 Å². The summed E-state index contributed by atoms with van der Waals surface area (Å²) >= 11 is 0. The summed E-state index contributed by atoms with van der Waals surface area (Å²) in [5, 5.41) is 14.8. The number of rotatable bonds is 6. The van der Waals surface area contributed by atoms with Gasteiger partial charge < -0.3 is 25.2 Å². The average molecular weight is 260 g/mol. The molecule has 0 saturated carbocycles. The molecule has 7 heteroatoms. The molecule has 0 aromatic rings. The van der Waals surface area contributed by atoms with E-state index in [4.69, 9.17) is 4.74 Å². The smallest absolute Gasteiger partial charge is 0.336 e. The number of methoxy groups -OCH3 is 1. The molecule has 1 aliphatic rings. The number of aliphatic hydroxyl groups excluding tert-OH is 1. The molecule has 0 aromatic heterocycles. The Morgan fingerprint density at radius 1 is 1.44 bits per heavy atom. The Balaban J connectivity index is 2.11. The van der Waals surface area contributed by atoms with Crippen molar-refractivity contribution in [3.63, 3.8) is 0 Å². The summed E-state index contributed by atoms with van der Waals surface area (Å²) < 4.78 is 9.73. The highest BCUT2D eigenvalue weighted by atomic mass is 16.5. The van der Waals surface area contributed by atoms with Crippen molar-refractivity contribution in [1.82, 2.24) is 10.6 Å². The van der Waals surface area contributed by atoms with Gasteiger partial charge in [0.05, 0.1) is 19.8 Å². The summed E-state index contributed by atoms with van der Waals surface area (Å²) in [5.74, 6) is -1.12. The van der Waals surface area contributed by atoms with Crippen LogP contribution in [0.5, 0.6) is 0 Å². The van der Waals surface area contributed by atoms with Gasteiger partial charge in [0.25, 0.3) is 0 Å². The number of nitrogens with one attached hydrogen (secondary N) is 2. The predicted octanol–water partition coefficient (Wildman–Crippen LogP) is -1.59. The van der Waals surface area contributed by atoms with E-state index < -0.39 is 12.1 Å². The second-order valence-corrected chi connectivity index (χ2v) is 4.10. The van der Waals surface area contributed by atoms with Crippen molar-refractivity contribution in [3.05, 3.63) is 0 Å². The first-order valence-corrected chi connectivity index (χ1v) is 5.98. The maximum atomic E-state index is 11.4. The first-order chi connectivity index (χ1) is 8.63. The Bertz CT molecular complexity index is 279. The molecule has 0 aromatic carbocycles. The normalized spacial score (nSPS) is 18.1. The molecule has 7 nitrogen and oxygen atoms in total. The van der Waals surface area contributed by atoms with Crippen LogP contribution in [0.3, 0.4) is 0 Å². The molecule has 1 atom stereocenters. The number of carbonyl (C=O) groups excluding carboxylic acids is 2. The van der Waals surface area contributed by atoms with Crippen molar-refractivity contribution in [2.24, 2.45) is 0 Å². The molecular formula is C11H20N2O5. The number of amides is 1. The molecule has 0 aliphatic carbocycles. The lowest BCUT2D eigenvalue weighted by Gasteiger charge is -2.22. The maximum Gasteiger partial charge on any atom is 0.336 e. The summed E-state index contributed by atoms with van der Waals surface area (Å²) in [4.78, 5) is 22.3. The van der Waals surface area contributed by atoms with Crippen LogP contribution in [0.25, 0.3) is 0 Å². The van der Waals surface area contributed by atoms with E-state index in [2.05, 4.69) is 15.4 Å². The van der Waals surface area contributed by atoms with E-state index in [0.717, 1.165) is 25.9 Å². The standard InChI is InChI=1S/C11H20N2O5/c1-17-11(16)9(14)6-13-10(15)7-18-8-2-4-12-5-3-8/h8-9,12,14H,2-7H2,1H3,(H,13,15). The van der Waals surface area contributed by atoms with Gasteiger partial charge in [-0.3, -0.25) is 4.79 Å². The fourth-order valence-corrected chi connectivity index (χ4v) is 1.64. The van der Waals surface area contributed by atoms with Gasteiger partial charge in [0.1, 0.15) is 6.61 Å². The van der Waals surface area contributed by atoms with E-state index in [-0.39, 0.29) is 25.2 Å². The molecular weight excluding hydrogens is 240 g/mol. The van der Waals surface area contributed by atoms with Gasteiger partial charge in [0, 0.05) is 0 Å². The molecule has 104 valence electrons. The largest absolute Gasteiger partial charge is 0.467 e. The van der Waals surface area contributed by atoms with Gasteiger partial charge in [-0.1, -0.05) is 0 Å². The van der Waals surface area contributed by atoms with Gasteiger partial charge in [0.15, 0.2) is 6.10 Å². The summed E-state index contributed by atoms with van der Waals surface area (Å²) in [6, 6.07) is 0. The first-order valence-electron chi connectivity index (χ1n) is 5.98. The van der Waals surface area contributed by atoms with Crippen LogP contribution in [0.4, 0.5) is 0 Å². The molecule has 1 saturated heterocycles. The Hall–Kier alpha value is -1.18. The minimum atomic E-state index is -1.34. The van der Waals surface area contributed by atoms with Crippen molar-refractivity contribution in [3.8, 4) is 0 Å². The predicted molar refractivity (Wildman–Crippen MR) is 62.9 cm³/mol. The van der Waals surface area contributed by atoms with Crippen LogP contribution in [-0.2, 0) is 19.1 Å². The molecule has 1 rings (SSSR count). The Kier molecular flexibility index (Phi) is 6.63. The molecule has 1 fully saturated rings. The third-order valence-corrected chi connectivity index (χ3v) is 2.70. The van der Waals surface area contributed by atoms with Crippen molar-refractivity contribution in [2.45, 2.75) is 25.0 Å². The van der Waals surface area contributed by atoms with E-state index in [0.29, 0.717) is 0 Å². The van der Waals surface area contributed by atoms with Crippen LogP contribution < -0.4 is 10.6 Å². The average Bonchev–Trinajstić information content (AvgIpc) is 2.42. The van der Waals surface area contributed by atoms with E-state index >= 15 is 0 Å². The molecule has 0 bridgehead atoms. The fraction of sp³-hybridized carbons (Fsp3) is 0.818. The zero-order valence-electron chi connectivity index (χ0n) is 10.5. The lowest BCUT2D eigenvalue weighted by Crippen LogP contribution is -2.40. The lowest BCUT2D eigenvalue weighted by molar-refractivity contribution is -0.150. The SMILES string of the molecule is COC(=O)C(O)CNC(=O)COC1CCNCC1. The quantitative estimate of drug-likeness (QED) is 0.498. The van der Waals surface area contributed by atoms with Crippen LogP contribution in [-0.4, -0.2) is 62.5 Å². The van der Waals surface area contributed by atoms with E-state index in [1.165, 1.54) is 7.11 Å². The highest BCUT2D eigenvalue weighted by Crippen LogP contribution is 2.06. The Labute approximate surface area is 106 Å². The number of esters is 1. The van der Waals surface area contributed by atoms with Gasteiger partial charge >= 0.3 is 5.97 Å². The second-order valence-electron chi connectivity index (χ2n) is 4.10. The number of carbonyl (C=O) groups is 2. The highest BCUT2D eigenvalue weighted by molar-refractivity contribution is 5.79. The first kappa shape index (κ1) is 14.9. The number of hydrogen-bond donors (Lipinski definition) is 3. The van der Waals surface area contributed by atoms with Crippen molar-refractivity contribution >= 4 is 11.9 Å². The van der Waals surface area contributed by atoms with Crippen molar-refractivity contribution < 1.29 is 24.2 Å². The molecule has 3 N–H and O–H groups in total. The van der Waals surface area contributed by atoms with Gasteiger partial charge in [-0.15, -0.1) is 0 Å². The molecule has 1 amide bonds. The number of aliphatic hydroxyl groups is 1. The molecule has 0 radical (unpaired) electrons. The molecule has 1 unspecified atom stereocenters. The maximum absolute atomic E-state index is 11.4.